The third-order valence-corrected chi connectivity index (χ3v) is 4.30. The van der Waals surface area contributed by atoms with Gasteiger partial charge >= 0.3 is 5.97 Å². The molecule has 6 nitrogen and oxygen atoms in total. The quantitative estimate of drug-likeness (QED) is 0.501. The zero-order valence-corrected chi connectivity index (χ0v) is 13.5. The number of carboxylic acids is 1. The fourth-order valence-electron chi connectivity index (χ4n) is 3.01. The van der Waals surface area contributed by atoms with Gasteiger partial charge in [0, 0.05) is 30.2 Å². The van der Waals surface area contributed by atoms with Crippen LogP contribution in [0.5, 0.6) is 0 Å². The van der Waals surface area contributed by atoms with Crippen molar-refractivity contribution in [3.05, 3.63) is 42.1 Å². The number of hydrogen-bond donors (Lipinski definition) is 1. The second-order valence-corrected chi connectivity index (χ2v) is 5.96. The number of piperidine rings is 1. The van der Waals surface area contributed by atoms with Crippen LogP contribution in [0.15, 0.2) is 41.7 Å². The van der Waals surface area contributed by atoms with E-state index in [9.17, 15) is 4.79 Å². The van der Waals surface area contributed by atoms with E-state index in [-0.39, 0.29) is 5.92 Å². The van der Waals surface area contributed by atoms with E-state index in [1.54, 1.807) is 12.4 Å². The normalized spacial score (nSPS) is 18.9. The molecule has 2 aromatic rings. The Balaban J connectivity index is 1.49. The molecule has 1 saturated heterocycles. The van der Waals surface area contributed by atoms with Gasteiger partial charge in [0.05, 0.1) is 17.6 Å². The summed E-state index contributed by atoms with van der Waals surface area (Å²) in [6.45, 7) is 2.66. The minimum atomic E-state index is -0.705. The summed E-state index contributed by atoms with van der Waals surface area (Å²) in [6, 6.07) is 9.79. The minimum Gasteiger partial charge on any atom is -0.481 e. The smallest absolute Gasteiger partial charge is 0.307 e. The largest absolute Gasteiger partial charge is 0.481 e. The molecule has 24 heavy (non-hydrogen) atoms. The molecule has 0 aliphatic carbocycles. The van der Waals surface area contributed by atoms with Crippen LogP contribution in [0.1, 0.15) is 18.4 Å². The lowest BCUT2D eigenvalue weighted by Gasteiger charge is -2.29. The number of rotatable bonds is 6. The predicted octanol–water partition coefficient (Wildman–Crippen LogP) is 2.38. The molecule has 0 spiro atoms. The maximum Gasteiger partial charge on any atom is 0.307 e. The van der Waals surface area contributed by atoms with Gasteiger partial charge in [-0.15, -0.1) is 0 Å². The number of likely N-dealkylation sites (tertiary alicyclic amines) is 1. The van der Waals surface area contributed by atoms with Gasteiger partial charge in [0.15, 0.2) is 0 Å². The van der Waals surface area contributed by atoms with Gasteiger partial charge in [-0.2, -0.15) is 0 Å². The van der Waals surface area contributed by atoms with Crippen molar-refractivity contribution in [2.24, 2.45) is 11.1 Å². The van der Waals surface area contributed by atoms with Crippen LogP contribution in [0.3, 0.4) is 0 Å². The first-order valence-corrected chi connectivity index (χ1v) is 8.18. The van der Waals surface area contributed by atoms with Crippen LogP contribution in [0.25, 0.3) is 10.9 Å². The molecule has 0 radical (unpaired) electrons. The molecular weight excluding hydrogens is 306 g/mol. The molecule has 6 heteroatoms. The van der Waals surface area contributed by atoms with Crippen LogP contribution in [0.4, 0.5) is 0 Å². The Hall–Kier alpha value is -2.47. The van der Waals surface area contributed by atoms with E-state index in [2.05, 4.69) is 15.0 Å². The van der Waals surface area contributed by atoms with E-state index in [0.29, 0.717) is 19.7 Å². The van der Waals surface area contributed by atoms with Crippen LogP contribution in [0, 0.1) is 5.92 Å². The van der Waals surface area contributed by atoms with Crippen LogP contribution in [-0.2, 0) is 9.63 Å². The highest BCUT2D eigenvalue weighted by molar-refractivity contribution is 5.97. The number of fused-ring (bicyclic) bond motifs is 1. The van der Waals surface area contributed by atoms with Gasteiger partial charge in [-0.1, -0.05) is 23.4 Å². The Bertz CT molecular complexity index is 727. The van der Waals surface area contributed by atoms with Crippen LogP contribution in [0.2, 0.25) is 0 Å². The summed E-state index contributed by atoms with van der Waals surface area (Å²) in [5.74, 6) is -0.964. The van der Waals surface area contributed by atoms with Crippen molar-refractivity contribution >= 4 is 23.1 Å². The van der Waals surface area contributed by atoms with Gasteiger partial charge < -0.3 is 9.94 Å². The molecule has 1 atom stereocenters. The molecule has 1 aliphatic heterocycles. The Labute approximate surface area is 140 Å². The first-order chi connectivity index (χ1) is 11.7. The van der Waals surface area contributed by atoms with Gasteiger partial charge in [0.25, 0.3) is 0 Å². The number of hydrogen-bond acceptors (Lipinski definition) is 5. The molecule has 1 aliphatic rings. The minimum absolute atomic E-state index is 0.259. The number of aliphatic carboxylic acids is 1. The molecule has 1 unspecified atom stereocenters. The number of carboxylic acid groups (broad SMARTS) is 1. The molecule has 1 N–H and O–H groups in total. The first kappa shape index (κ1) is 16.4. The second-order valence-electron chi connectivity index (χ2n) is 5.96. The summed E-state index contributed by atoms with van der Waals surface area (Å²) in [5, 5.41) is 14.2. The number of nitrogens with zero attached hydrogens (tertiary/aromatic N) is 3. The SMILES string of the molecule is O=C(O)C1CCCN(CCO/N=C/c2ccnc3ccccc23)C1. The fraction of sp³-hybridized carbons (Fsp3) is 0.389. The van der Waals surface area contributed by atoms with E-state index in [0.717, 1.165) is 35.9 Å². The van der Waals surface area contributed by atoms with Crippen LogP contribution < -0.4 is 0 Å². The van der Waals surface area contributed by atoms with Gasteiger partial charge in [-0.25, -0.2) is 0 Å². The zero-order valence-electron chi connectivity index (χ0n) is 13.5. The summed E-state index contributed by atoms with van der Waals surface area (Å²) in [6.07, 6.45) is 5.13. The maximum atomic E-state index is 11.1. The summed E-state index contributed by atoms with van der Waals surface area (Å²) < 4.78 is 0. The molecule has 1 aromatic heterocycles. The lowest BCUT2D eigenvalue weighted by atomic mass is 9.98. The van der Waals surface area contributed by atoms with Gasteiger partial charge in [-0.05, 0) is 31.5 Å². The van der Waals surface area contributed by atoms with Crippen molar-refractivity contribution in [1.82, 2.24) is 9.88 Å². The summed E-state index contributed by atoms with van der Waals surface area (Å²) >= 11 is 0. The maximum absolute atomic E-state index is 11.1. The second kappa shape index (κ2) is 7.88. The standard InChI is InChI=1S/C18H21N3O3/c22-18(23)15-4-3-9-21(13-15)10-11-24-20-12-14-7-8-19-17-6-2-1-5-16(14)17/h1-2,5-8,12,15H,3-4,9-11,13H2,(H,22,23)/b20-12+. The third kappa shape index (κ3) is 4.08. The summed E-state index contributed by atoms with van der Waals surface area (Å²) in [5.41, 5.74) is 1.89. The van der Waals surface area contributed by atoms with Crippen molar-refractivity contribution in [2.75, 3.05) is 26.2 Å². The van der Waals surface area contributed by atoms with E-state index < -0.39 is 5.97 Å². The number of aromatic nitrogens is 1. The Morgan fingerprint density at radius 1 is 1.42 bits per heavy atom. The Morgan fingerprint density at radius 3 is 3.17 bits per heavy atom. The van der Waals surface area contributed by atoms with Crippen molar-refractivity contribution in [1.29, 1.82) is 0 Å². The molecule has 3 rings (SSSR count). The average molecular weight is 327 g/mol. The monoisotopic (exact) mass is 327 g/mol. The molecule has 0 saturated carbocycles. The summed E-state index contributed by atoms with van der Waals surface area (Å²) in [4.78, 5) is 22.8. The average Bonchev–Trinajstić information content (AvgIpc) is 2.62. The summed E-state index contributed by atoms with van der Waals surface area (Å²) in [7, 11) is 0. The molecule has 0 amide bonds. The lowest BCUT2D eigenvalue weighted by molar-refractivity contribution is -0.143. The number of pyridine rings is 1. The molecule has 2 heterocycles. The molecule has 1 fully saturated rings. The van der Waals surface area contributed by atoms with Crippen LogP contribution in [-0.4, -0.2) is 53.4 Å². The first-order valence-electron chi connectivity index (χ1n) is 8.18. The number of carbonyl (C=O) groups is 1. The zero-order chi connectivity index (χ0) is 16.8. The van der Waals surface area contributed by atoms with E-state index in [1.165, 1.54) is 0 Å². The van der Waals surface area contributed by atoms with Crippen molar-refractivity contribution in [3.63, 3.8) is 0 Å². The van der Waals surface area contributed by atoms with E-state index in [4.69, 9.17) is 9.94 Å². The fourth-order valence-corrected chi connectivity index (χ4v) is 3.01. The van der Waals surface area contributed by atoms with E-state index >= 15 is 0 Å². The van der Waals surface area contributed by atoms with Crippen molar-refractivity contribution < 1.29 is 14.7 Å². The third-order valence-electron chi connectivity index (χ3n) is 4.30. The Morgan fingerprint density at radius 2 is 2.29 bits per heavy atom. The van der Waals surface area contributed by atoms with Gasteiger partial charge in [-0.3, -0.25) is 14.7 Å². The number of para-hydroxylation sites is 1. The molecule has 0 bridgehead atoms. The van der Waals surface area contributed by atoms with Gasteiger partial charge in [0.2, 0.25) is 0 Å². The highest BCUT2D eigenvalue weighted by Crippen LogP contribution is 2.16. The predicted molar refractivity (Wildman–Crippen MR) is 92.1 cm³/mol. The lowest BCUT2D eigenvalue weighted by Crippen LogP contribution is -2.40. The van der Waals surface area contributed by atoms with Crippen LogP contribution >= 0.6 is 0 Å². The molecule has 1 aromatic carbocycles. The molecular formula is C18H21N3O3. The molecule has 126 valence electrons. The number of benzene rings is 1. The van der Waals surface area contributed by atoms with E-state index in [1.807, 2.05) is 30.3 Å². The van der Waals surface area contributed by atoms with Crippen molar-refractivity contribution in [2.45, 2.75) is 12.8 Å². The topological polar surface area (TPSA) is 75.0 Å². The van der Waals surface area contributed by atoms with Crippen molar-refractivity contribution in [3.8, 4) is 0 Å². The highest BCUT2D eigenvalue weighted by Gasteiger charge is 2.24. The number of oxime groups is 1. The Kier molecular flexibility index (Phi) is 5.38. The van der Waals surface area contributed by atoms with Gasteiger partial charge in [0.1, 0.15) is 6.61 Å². The highest BCUT2D eigenvalue weighted by atomic mass is 16.6.